The van der Waals surface area contributed by atoms with Gasteiger partial charge in [0.2, 0.25) is 17.7 Å². The van der Waals surface area contributed by atoms with E-state index in [9.17, 15) is 132 Å². The number of rotatable bonds is 25. The van der Waals surface area contributed by atoms with Gasteiger partial charge in [0.15, 0.2) is 50.3 Å². The number of aliphatic hydroxyl groups is 23. The maximum Gasteiger partial charge on any atom is 0.217 e. The molecule has 8 aliphatic rings. The van der Waals surface area contributed by atoms with Gasteiger partial charge >= 0.3 is 0 Å². The monoisotopic (exact) mass is 1440 g/mol. The average molecular weight is 1440 g/mol. The quantitative estimate of drug-likeness (QED) is 0.0404. The van der Waals surface area contributed by atoms with Crippen LogP contribution in [0.3, 0.4) is 0 Å². The number of carbonyl (C=O) groups excluding carboxylic acids is 3. The van der Waals surface area contributed by atoms with E-state index < -0.39 is 316 Å². The van der Waals surface area contributed by atoms with Crippen molar-refractivity contribution in [2.75, 3.05) is 52.9 Å². The van der Waals surface area contributed by atoms with Gasteiger partial charge in [-0.1, -0.05) is 0 Å². The summed E-state index contributed by atoms with van der Waals surface area (Å²) >= 11 is 0. The minimum Gasteiger partial charge on any atom is -0.394 e. The highest BCUT2D eigenvalue weighted by molar-refractivity contribution is 5.74. The molecule has 0 aliphatic carbocycles. The van der Waals surface area contributed by atoms with Crippen LogP contribution < -0.4 is 16.0 Å². The summed E-state index contributed by atoms with van der Waals surface area (Å²) < 4.78 is 87.2. The van der Waals surface area contributed by atoms with Crippen LogP contribution in [0.25, 0.3) is 0 Å². The third-order valence-corrected chi connectivity index (χ3v) is 17.8. The Kier molecular flexibility index (Phi) is 28.9. The number of ether oxygens (including phenoxy) is 15. The maximum atomic E-state index is 12.9. The lowest BCUT2D eigenvalue weighted by Gasteiger charge is -2.50. The van der Waals surface area contributed by atoms with E-state index in [0.29, 0.717) is 0 Å². The van der Waals surface area contributed by atoms with Crippen LogP contribution in [-0.2, 0) is 85.4 Å². The number of nitrogens with one attached hydrogen (secondary N) is 3. The molecule has 0 aromatic carbocycles. The predicted octanol–water partition coefficient (Wildman–Crippen LogP) is -18.0. The first kappa shape index (κ1) is 80.6. The summed E-state index contributed by atoms with van der Waals surface area (Å²) in [6.45, 7) is -5.37. The van der Waals surface area contributed by atoms with Gasteiger partial charge in [-0.05, 0) is 0 Å². The molecule has 0 aromatic heterocycles. The van der Waals surface area contributed by atoms with Gasteiger partial charge in [-0.25, -0.2) is 0 Å². The molecule has 0 spiro atoms. The van der Waals surface area contributed by atoms with Crippen molar-refractivity contribution in [2.45, 2.75) is 266 Å². The molecule has 8 fully saturated rings. The SMILES string of the molecule is CC(=O)N[C@H]1[C@H](OC[C@H]2O[C@@H](O[C@H]3[C@H](O)[C@@H](O)C(O)O[C@@H]3CO)[C@H](O)[C@@H](O[C@@H]3O[C@H](CO)[C@@H](O)[C@H](O[C@@H]4O[C@H](CO)[C@H](O)[C@H](O)[C@H]4O)[C@H]3NC(C)=O)[C@H]2O)O[C@H](CO)[C@@H](O[C@@H]2O[C@H](CO)[C@H](O)[C@H](O[C@@H]3O[C@H](CO)[C@@H](O)[C@H](OC4O[C@H](CO)[C@H](O)[C@H](O)[C@H]4O)[C@H]3NC(C)=O)[C@H]2O)[C@@H]1O. The molecule has 0 radical (unpaired) electrons. The number of carbonyl (C=O) groups is 3. The fourth-order valence-corrected chi connectivity index (χ4v) is 12.6. The van der Waals surface area contributed by atoms with Crippen LogP contribution >= 0.6 is 0 Å². The Morgan fingerprint density at radius 2 is 0.551 bits per heavy atom. The molecule has 0 aromatic rings. The summed E-state index contributed by atoms with van der Waals surface area (Å²) in [6, 6.07) is -5.51. The second-order valence-electron chi connectivity index (χ2n) is 24.6. The van der Waals surface area contributed by atoms with Crippen LogP contribution in [0.1, 0.15) is 20.8 Å². The molecule has 2 unspecified atom stereocenters. The van der Waals surface area contributed by atoms with E-state index in [4.69, 9.17) is 71.1 Å². The molecule has 8 rings (SSSR count). The zero-order valence-electron chi connectivity index (χ0n) is 52.4. The molecule has 568 valence electrons. The Labute approximate surface area is 554 Å². The largest absolute Gasteiger partial charge is 0.394 e. The van der Waals surface area contributed by atoms with E-state index in [1.165, 1.54) is 0 Å². The number of hydrogen-bond donors (Lipinski definition) is 26. The van der Waals surface area contributed by atoms with E-state index in [1.807, 2.05) is 0 Å². The lowest BCUT2D eigenvalue weighted by Crippen LogP contribution is -2.70. The van der Waals surface area contributed by atoms with Crippen LogP contribution in [0.4, 0.5) is 0 Å². The van der Waals surface area contributed by atoms with Gasteiger partial charge < -0.3 is 204 Å². The molecule has 40 atom stereocenters. The highest BCUT2D eigenvalue weighted by atomic mass is 16.8. The first-order chi connectivity index (χ1) is 46.4. The third-order valence-electron chi connectivity index (χ3n) is 17.8. The average Bonchev–Trinajstić information content (AvgIpc) is 0.774. The van der Waals surface area contributed by atoms with Gasteiger partial charge in [-0.2, -0.15) is 0 Å². The van der Waals surface area contributed by atoms with Gasteiger partial charge in [-0.15, -0.1) is 0 Å². The van der Waals surface area contributed by atoms with Gasteiger partial charge in [0.05, 0.1) is 52.9 Å². The standard InChI is InChI=1S/C54H91N3O41/c1-12(65)55-23-32(74)41(93-53-39(81)45(30(72)19(8-62)90-53)97-49-24(56-13(2)66)43(28(70)17(6-60)86-49)95-51-37(79)33(75)26(68)15(4-58)88-51)21(10-64)91-48(23)84-11-22-31(73)46(40(82)54(92-22)94-42-20(9-63)85-47(83)36(78)35(42)77)98-50-25(57-14(3)67)44(29(71)18(7-61)87-50)96-52-38(80)34(76)27(69)16(5-59)89-52/h15-54,58-64,68-83H,4-11H2,1-3H3,(H,55,65)(H,56,66)(H,57,67)/t15-,16-,17-,18-,19-,20-,21-,22-,23-,24-,25-,26+,27+,28-,29-,30+,31+,32-,33+,34+,35-,36-,37-,38-,39-,40-,41-,42-,43-,44-,45+,46+,47?,48-,49+,50+,51?,52+,53+,54+/m1/s1. The van der Waals surface area contributed by atoms with Crippen molar-refractivity contribution in [1.29, 1.82) is 0 Å². The second-order valence-corrected chi connectivity index (χ2v) is 24.6. The minimum absolute atomic E-state index is 0.878. The molecule has 8 saturated heterocycles. The minimum atomic E-state index is -2.36. The van der Waals surface area contributed by atoms with Crippen LogP contribution in [0.2, 0.25) is 0 Å². The molecule has 0 saturated carbocycles. The molecule has 44 heteroatoms. The van der Waals surface area contributed by atoms with Crippen molar-refractivity contribution in [3.05, 3.63) is 0 Å². The highest BCUT2D eigenvalue weighted by Crippen LogP contribution is 2.39. The fraction of sp³-hybridized carbons (Fsp3) is 0.944. The zero-order valence-corrected chi connectivity index (χ0v) is 52.4. The Morgan fingerprint density at radius 1 is 0.265 bits per heavy atom. The van der Waals surface area contributed by atoms with E-state index in [-0.39, 0.29) is 0 Å². The molecule has 0 bridgehead atoms. The van der Waals surface area contributed by atoms with Crippen LogP contribution in [0.15, 0.2) is 0 Å². The van der Waals surface area contributed by atoms with E-state index >= 15 is 0 Å². The predicted molar refractivity (Wildman–Crippen MR) is 299 cm³/mol. The van der Waals surface area contributed by atoms with E-state index in [2.05, 4.69) is 16.0 Å². The smallest absolute Gasteiger partial charge is 0.217 e. The first-order valence-corrected chi connectivity index (χ1v) is 31.1. The third kappa shape index (κ3) is 17.5. The van der Waals surface area contributed by atoms with Gasteiger partial charge in [0.1, 0.15) is 195 Å². The first-order valence-electron chi connectivity index (χ1n) is 31.1. The summed E-state index contributed by atoms with van der Waals surface area (Å²) in [5.74, 6) is -2.71. The molecule has 44 nitrogen and oxygen atoms in total. The Bertz CT molecular complexity index is 2510. The van der Waals surface area contributed by atoms with Crippen molar-refractivity contribution in [1.82, 2.24) is 16.0 Å². The molecule has 3 amide bonds. The van der Waals surface area contributed by atoms with Crippen molar-refractivity contribution in [3.8, 4) is 0 Å². The normalized spacial score (nSPS) is 49.5. The van der Waals surface area contributed by atoms with Gasteiger partial charge in [0.25, 0.3) is 0 Å². The summed E-state index contributed by atoms with van der Waals surface area (Å²) in [4.78, 5) is 38.6. The summed E-state index contributed by atoms with van der Waals surface area (Å²) in [6.07, 6.45) is -74.1. The number of hydrogen-bond acceptors (Lipinski definition) is 41. The van der Waals surface area contributed by atoms with Crippen molar-refractivity contribution < 1.29 is 203 Å². The maximum absolute atomic E-state index is 12.9. The second kappa shape index (κ2) is 35.1. The fourth-order valence-electron chi connectivity index (χ4n) is 12.6. The molecule has 98 heavy (non-hydrogen) atoms. The Morgan fingerprint density at radius 3 is 0.939 bits per heavy atom. The van der Waals surface area contributed by atoms with Gasteiger partial charge in [0, 0.05) is 20.8 Å². The lowest BCUT2D eigenvalue weighted by molar-refractivity contribution is -0.385. The molecule has 26 N–H and O–H groups in total. The lowest BCUT2D eigenvalue weighted by atomic mass is 9.94. The summed E-state index contributed by atoms with van der Waals surface area (Å²) in [5.41, 5.74) is 0. The zero-order chi connectivity index (χ0) is 72.2. The van der Waals surface area contributed by atoms with Gasteiger partial charge in [-0.3, -0.25) is 14.4 Å². The van der Waals surface area contributed by atoms with Crippen molar-refractivity contribution in [3.63, 3.8) is 0 Å². The summed E-state index contributed by atoms with van der Waals surface area (Å²) in [5, 5.41) is 257. The van der Waals surface area contributed by atoms with Crippen LogP contribution in [0, 0.1) is 0 Å². The summed E-state index contributed by atoms with van der Waals surface area (Å²) in [7, 11) is 0. The molecular weight excluding hydrogens is 1350 g/mol. The highest BCUT2D eigenvalue weighted by Gasteiger charge is 2.60. The van der Waals surface area contributed by atoms with Crippen molar-refractivity contribution in [2.24, 2.45) is 0 Å². The van der Waals surface area contributed by atoms with Crippen molar-refractivity contribution >= 4 is 17.7 Å². The van der Waals surface area contributed by atoms with E-state index in [0.717, 1.165) is 20.8 Å². The Balaban J connectivity index is 1.05. The van der Waals surface area contributed by atoms with E-state index in [1.54, 1.807) is 0 Å². The van der Waals surface area contributed by atoms with Crippen LogP contribution in [0.5, 0.6) is 0 Å². The van der Waals surface area contributed by atoms with Crippen LogP contribution in [-0.4, -0.2) is 433 Å². The Hall–Kier alpha value is -3.11. The molecule has 8 heterocycles. The molecule has 8 aliphatic heterocycles. The number of aliphatic hydroxyl groups excluding tert-OH is 23. The topological polar surface area (TPSA) is 691 Å². The number of amides is 3. The molecular formula is C54H91N3O41.